The third-order valence-electron chi connectivity index (χ3n) is 3.50. The van der Waals surface area contributed by atoms with E-state index >= 15 is 0 Å². The second-order valence-electron chi connectivity index (χ2n) is 4.76. The van der Waals surface area contributed by atoms with E-state index < -0.39 is 0 Å². The second kappa shape index (κ2) is 5.44. The lowest BCUT2D eigenvalue weighted by molar-refractivity contribution is 0.230. The summed E-state index contributed by atoms with van der Waals surface area (Å²) in [7, 11) is 1.52. The zero-order valence-electron chi connectivity index (χ0n) is 11.0. The fourth-order valence-corrected chi connectivity index (χ4v) is 3.10. The fraction of sp³-hybridized carbons (Fsp3) is 0.250. The SMILES string of the molecule is COc1ccc(C(Br)C2Cc3ccccc3O2)c(F)c1. The summed E-state index contributed by atoms with van der Waals surface area (Å²) in [6.45, 7) is 0. The van der Waals surface area contributed by atoms with Gasteiger partial charge in [-0.25, -0.2) is 4.39 Å². The molecule has 0 fully saturated rings. The van der Waals surface area contributed by atoms with Crippen molar-refractivity contribution in [1.82, 2.24) is 0 Å². The molecule has 0 saturated carbocycles. The molecule has 1 aliphatic rings. The van der Waals surface area contributed by atoms with Crippen molar-refractivity contribution in [3.05, 3.63) is 59.4 Å². The molecule has 0 radical (unpaired) electrons. The van der Waals surface area contributed by atoms with Crippen LogP contribution in [0.4, 0.5) is 4.39 Å². The van der Waals surface area contributed by atoms with Gasteiger partial charge in [0, 0.05) is 18.1 Å². The molecular formula is C16H14BrFO2. The molecule has 2 aromatic carbocycles. The minimum Gasteiger partial charge on any atom is -0.497 e. The smallest absolute Gasteiger partial charge is 0.131 e. The molecule has 3 rings (SSSR count). The normalized spacial score (nSPS) is 18.2. The van der Waals surface area contributed by atoms with E-state index in [1.807, 2.05) is 24.3 Å². The quantitative estimate of drug-likeness (QED) is 0.779. The van der Waals surface area contributed by atoms with E-state index in [2.05, 4.69) is 15.9 Å². The number of ether oxygens (including phenoxy) is 2. The van der Waals surface area contributed by atoms with Crippen LogP contribution in [0.5, 0.6) is 11.5 Å². The Morgan fingerprint density at radius 2 is 2.10 bits per heavy atom. The first kappa shape index (κ1) is 13.4. The fourth-order valence-electron chi connectivity index (χ4n) is 2.43. The average Bonchev–Trinajstić information content (AvgIpc) is 2.90. The molecular weight excluding hydrogens is 323 g/mol. The molecule has 2 aromatic rings. The van der Waals surface area contributed by atoms with Crippen LogP contribution >= 0.6 is 15.9 Å². The molecule has 4 heteroatoms. The average molecular weight is 337 g/mol. The van der Waals surface area contributed by atoms with Crippen LogP contribution in [0.2, 0.25) is 0 Å². The number of para-hydroxylation sites is 1. The van der Waals surface area contributed by atoms with Crippen molar-refractivity contribution in [3.63, 3.8) is 0 Å². The molecule has 0 amide bonds. The summed E-state index contributed by atoms with van der Waals surface area (Å²) in [5, 5.41) is 0. The van der Waals surface area contributed by atoms with E-state index in [9.17, 15) is 4.39 Å². The first-order chi connectivity index (χ1) is 9.69. The standard InChI is InChI=1S/C16H14BrFO2/c1-19-11-6-7-12(13(18)9-11)16(17)15-8-10-4-2-3-5-14(10)20-15/h2-7,9,15-16H,8H2,1H3. The summed E-state index contributed by atoms with van der Waals surface area (Å²) >= 11 is 3.56. The minimum atomic E-state index is -0.286. The van der Waals surface area contributed by atoms with Gasteiger partial charge in [0.25, 0.3) is 0 Å². The zero-order chi connectivity index (χ0) is 14.1. The van der Waals surface area contributed by atoms with E-state index in [1.165, 1.54) is 13.2 Å². The summed E-state index contributed by atoms with van der Waals surface area (Å²) < 4.78 is 25.0. The molecule has 104 valence electrons. The van der Waals surface area contributed by atoms with Crippen molar-refractivity contribution in [2.75, 3.05) is 7.11 Å². The van der Waals surface area contributed by atoms with Gasteiger partial charge in [-0.1, -0.05) is 40.2 Å². The van der Waals surface area contributed by atoms with Crippen LogP contribution in [0.1, 0.15) is 16.0 Å². The van der Waals surface area contributed by atoms with Gasteiger partial charge in [0.05, 0.1) is 11.9 Å². The van der Waals surface area contributed by atoms with Crippen molar-refractivity contribution < 1.29 is 13.9 Å². The Morgan fingerprint density at radius 3 is 2.80 bits per heavy atom. The van der Waals surface area contributed by atoms with Gasteiger partial charge in [0.15, 0.2) is 0 Å². The van der Waals surface area contributed by atoms with Crippen LogP contribution in [-0.2, 0) is 6.42 Å². The molecule has 1 heterocycles. The van der Waals surface area contributed by atoms with Crippen LogP contribution in [-0.4, -0.2) is 13.2 Å². The molecule has 20 heavy (non-hydrogen) atoms. The third-order valence-corrected chi connectivity index (χ3v) is 4.59. The van der Waals surface area contributed by atoms with Crippen molar-refractivity contribution in [3.8, 4) is 11.5 Å². The van der Waals surface area contributed by atoms with Gasteiger partial charge in [-0.05, 0) is 17.7 Å². The minimum absolute atomic E-state index is 0.102. The van der Waals surface area contributed by atoms with Crippen LogP contribution in [0, 0.1) is 5.82 Å². The molecule has 2 nitrogen and oxygen atoms in total. The summed E-state index contributed by atoms with van der Waals surface area (Å²) in [6.07, 6.45) is 0.674. The first-order valence-corrected chi connectivity index (χ1v) is 7.32. The number of methoxy groups -OCH3 is 1. The van der Waals surface area contributed by atoms with E-state index in [0.717, 1.165) is 17.7 Å². The van der Waals surface area contributed by atoms with Crippen molar-refractivity contribution in [1.29, 1.82) is 0 Å². The number of rotatable bonds is 3. The highest BCUT2D eigenvalue weighted by atomic mass is 79.9. The molecule has 0 saturated heterocycles. The van der Waals surface area contributed by atoms with E-state index in [1.54, 1.807) is 12.1 Å². The summed E-state index contributed by atoms with van der Waals surface area (Å²) in [6, 6.07) is 12.8. The lowest BCUT2D eigenvalue weighted by atomic mass is 10.0. The third kappa shape index (κ3) is 2.40. The van der Waals surface area contributed by atoms with Crippen molar-refractivity contribution in [2.45, 2.75) is 17.4 Å². The second-order valence-corrected chi connectivity index (χ2v) is 5.74. The summed E-state index contributed by atoms with van der Waals surface area (Å²) in [5.74, 6) is 1.11. The van der Waals surface area contributed by atoms with Crippen LogP contribution in [0.15, 0.2) is 42.5 Å². The maximum absolute atomic E-state index is 14.1. The Labute approximate surface area is 125 Å². The molecule has 0 bridgehead atoms. The maximum atomic E-state index is 14.1. The monoisotopic (exact) mass is 336 g/mol. The van der Waals surface area contributed by atoms with E-state index in [-0.39, 0.29) is 16.7 Å². The Bertz CT molecular complexity index is 605. The predicted octanol–water partition coefficient (Wildman–Crippen LogP) is 4.27. The lowest BCUT2D eigenvalue weighted by Crippen LogP contribution is -2.20. The topological polar surface area (TPSA) is 18.5 Å². The van der Waals surface area contributed by atoms with Crippen LogP contribution in [0.3, 0.4) is 0 Å². The highest BCUT2D eigenvalue weighted by molar-refractivity contribution is 9.09. The highest BCUT2D eigenvalue weighted by Crippen LogP contribution is 2.39. The lowest BCUT2D eigenvalue weighted by Gasteiger charge is -2.19. The number of hydrogen-bond acceptors (Lipinski definition) is 2. The van der Waals surface area contributed by atoms with Gasteiger partial charge in [0.1, 0.15) is 23.4 Å². The Balaban J connectivity index is 1.82. The van der Waals surface area contributed by atoms with Gasteiger partial charge in [0.2, 0.25) is 0 Å². The Kier molecular flexibility index (Phi) is 3.66. The van der Waals surface area contributed by atoms with Gasteiger partial charge >= 0.3 is 0 Å². The van der Waals surface area contributed by atoms with Gasteiger partial charge in [-0.2, -0.15) is 0 Å². The summed E-state index contributed by atoms with van der Waals surface area (Å²) in [4.78, 5) is -0.194. The Hall–Kier alpha value is -1.55. The van der Waals surface area contributed by atoms with E-state index in [0.29, 0.717) is 11.3 Å². The van der Waals surface area contributed by atoms with Gasteiger partial charge in [-0.3, -0.25) is 0 Å². The number of benzene rings is 2. The van der Waals surface area contributed by atoms with Crippen LogP contribution in [0.25, 0.3) is 0 Å². The van der Waals surface area contributed by atoms with Crippen molar-refractivity contribution in [2.24, 2.45) is 0 Å². The highest BCUT2D eigenvalue weighted by Gasteiger charge is 2.31. The Morgan fingerprint density at radius 1 is 1.30 bits per heavy atom. The molecule has 0 aliphatic carbocycles. The van der Waals surface area contributed by atoms with Crippen molar-refractivity contribution >= 4 is 15.9 Å². The number of hydrogen-bond donors (Lipinski definition) is 0. The summed E-state index contributed by atoms with van der Waals surface area (Å²) in [5.41, 5.74) is 1.75. The van der Waals surface area contributed by atoms with Crippen LogP contribution < -0.4 is 9.47 Å². The molecule has 2 atom stereocenters. The van der Waals surface area contributed by atoms with Gasteiger partial charge < -0.3 is 9.47 Å². The largest absolute Gasteiger partial charge is 0.497 e. The number of fused-ring (bicyclic) bond motifs is 1. The first-order valence-electron chi connectivity index (χ1n) is 6.41. The maximum Gasteiger partial charge on any atom is 0.131 e. The number of halogens is 2. The molecule has 1 aliphatic heterocycles. The number of alkyl halides is 1. The molecule has 0 spiro atoms. The molecule has 2 unspecified atom stereocenters. The predicted molar refractivity (Wildman–Crippen MR) is 79.2 cm³/mol. The molecule has 0 aromatic heterocycles. The van der Waals surface area contributed by atoms with Gasteiger partial charge in [-0.15, -0.1) is 0 Å². The van der Waals surface area contributed by atoms with E-state index in [4.69, 9.17) is 9.47 Å². The zero-order valence-corrected chi connectivity index (χ0v) is 12.6. The molecule has 0 N–H and O–H groups in total.